The number of aromatic nitrogens is 2. The van der Waals surface area contributed by atoms with Crippen LogP contribution in [0.3, 0.4) is 0 Å². The van der Waals surface area contributed by atoms with Crippen LogP contribution >= 0.6 is 0 Å². The highest BCUT2D eigenvalue weighted by molar-refractivity contribution is 5.94. The number of hydrogen-bond acceptors (Lipinski definition) is 4. The van der Waals surface area contributed by atoms with Crippen LogP contribution in [-0.4, -0.2) is 58.1 Å². The van der Waals surface area contributed by atoms with Gasteiger partial charge in [-0.1, -0.05) is 12.8 Å². The van der Waals surface area contributed by atoms with Crippen LogP contribution in [0.5, 0.6) is 0 Å². The summed E-state index contributed by atoms with van der Waals surface area (Å²) in [4.78, 5) is 19.6. The Bertz CT molecular complexity index is 745. The van der Waals surface area contributed by atoms with Crippen LogP contribution in [0.2, 0.25) is 0 Å². The molecule has 1 unspecified atom stereocenters. The van der Waals surface area contributed by atoms with Crippen LogP contribution in [0.15, 0.2) is 30.7 Å². The molecule has 4 rings (SSSR count). The second kappa shape index (κ2) is 6.77. The lowest BCUT2D eigenvalue weighted by Crippen LogP contribution is -2.62. The summed E-state index contributed by atoms with van der Waals surface area (Å²) in [5.41, 5.74) is 1.59. The molecule has 0 bridgehead atoms. The van der Waals surface area contributed by atoms with E-state index in [4.69, 9.17) is 4.74 Å². The molecule has 2 aromatic heterocycles. The van der Waals surface area contributed by atoms with Crippen molar-refractivity contribution in [1.82, 2.24) is 19.6 Å². The Labute approximate surface area is 148 Å². The number of morpholine rings is 1. The number of fused-ring (bicyclic) bond motifs is 1. The predicted molar refractivity (Wildman–Crippen MR) is 95.7 cm³/mol. The van der Waals surface area contributed by atoms with Crippen LogP contribution in [0, 0.1) is 0 Å². The number of hydrogen-bond donors (Lipinski definition) is 1. The Hall–Kier alpha value is -1.92. The molecule has 1 amide bonds. The number of nitrogens with zero attached hydrogens (tertiary/aromatic N) is 3. The summed E-state index contributed by atoms with van der Waals surface area (Å²) in [5.74, 6) is -0.0114. The highest BCUT2D eigenvalue weighted by atomic mass is 16.5. The monoisotopic (exact) mass is 342 g/mol. The fourth-order valence-electron chi connectivity index (χ4n) is 4.49. The van der Waals surface area contributed by atoms with E-state index in [9.17, 15) is 4.79 Å². The van der Waals surface area contributed by atoms with E-state index in [1.165, 1.54) is 12.8 Å². The third-order valence-electron chi connectivity index (χ3n) is 5.91. The zero-order valence-electron chi connectivity index (χ0n) is 14.8. The minimum absolute atomic E-state index is 0.0114. The Kier molecular flexibility index (Phi) is 4.48. The number of rotatable bonds is 4. The average molecular weight is 342 g/mol. The Morgan fingerprint density at radius 1 is 1.28 bits per heavy atom. The van der Waals surface area contributed by atoms with Crippen molar-refractivity contribution in [2.45, 2.75) is 44.2 Å². The summed E-state index contributed by atoms with van der Waals surface area (Å²) in [6.07, 6.45) is 10.2. The summed E-state index contributed by atoms with van der Waals surface area (Å²) in [6.45, 7) is 5.66. The van der Waals surface area contributed by atoms with Crippen molar-refractivity contribution in [2.24, 2.45) is 0 Å². The maximum atomic E-state index is 12.8. The fourth-order valence-corrected chi connectivity index (χ4v) is 4.49. The van der Waals surface area contributed by atoms with Gasteiger partial charge >= 0.3 is 0 Å². The highest BCUT2D eigenvalue weighted by Crippen LogP contribution is 2.38. The summed E-state index contributed by atoms with van der Waals surface area (Å²) >= 11 is 0. The van der Waals surface area contributed by atoms with Crippen molar-refractivity contribution >= 4 is 11.6 Å². The summed E-state index contributed by atoms with van der Waals surface area (Å²) in [5, 5.41) is 3.28. The van der Waals surface area contributed by atoms with Crippen LogP contribution in [-0.2, 0) is 4.74 Å². The van der Waals surface area contributed by atoms with Crippen molar-refractivity contribution in [2.75, 3.05) is 26.3 Å². The number of amides is 1. The number of nitrogens with one attached hydrogen (secondary N) is 1. The first-order valence-corrected chi connectivity index (χ1v) is 9.25. The second-order valence-corrected chi connectivity index (χ2v) is 7.22. The van der Waals surface area contributed by atoms with E-state index in [-0.39, 0.29) is 17.5 Å². The molecule has 1 saturated carbocycles. The molecule has 25 heavy (non-hydrogen) atoms. The van der Waals surface area contributed by atoms with Crippen LogP contribution in [0.1, 0.15) is 43.0 Å². The first-order valence-electron chi connectivity index (χ1n) is 9.25. The third-order valence-corrected chi connectivity index (χ3v) is 5.91. The van der Waals surface area contributed by atoms with Gasteiger partial charge in [-0.2, -0.15) is 0 Å². The van der Waals surface area contributed by atoms with Gasteiger partial charge in [0.2, 0.25) is 0 Å². The number of carbonyl (C=O) groups is 1. The topological polar surface area (TPSA) is 58.9 Å². The van der Waals surface area contributed by atoms with Crippen molar-refractivity contribution in [3.8, 4) is 0 Å². The van der Waals surface area contributed by atoms with E-state index < -0.39 is 0 Å². The Balaban J connectivity index is 1.52. The minimum atomic E-state index is -0.0114. The largest absolute Gasteiger partial charge is 0.379 e. The van der Waals surface area contributed by atoms with Crippen molar-refractivity contribution in [3.63, 3.8) is 0 Å². The molecule has 6 nitrogen and oxygen atoms in total. The van der Waals surface area contributed by atoms with Crippen molar-refractivity contribution < 1.29 is 9.53 Å². The quantitative estimate of drug-likeness (QED) is 0.924. The van der Waals surface area contributed by atoms with Crippen LogP contribution < -0.4 is 5.32 Å². The molecule has 2 aromatic rings. The van der Waals surface area contributed by atoms with Gasteiger partial charge in [0.15, 0.2) is 0 Å². The molecule has 0 radical (unpaired) electrons. The fraction of sp³-hybridized carbons (Fsp3) is 0.579. The molecule has 1 aliphatic heterocycles. The zero-order valence-corrected chi connectivity index (χ0v) is 14.8. The van der Waals surface area contributed by atoms with Gasteiger partial charge in [-0.3, -0.25) is 9.69 Å². The number of ether oxygens (including phenoxy) is 1. The van der Waals surface area contributed by atoms with E-state index in [2.05, 4.69) is 22.1 Å². The normalized spacial score (nSPS) is 22.1. The SMILES string of the molecule is CC(NC(=O)c1ccc2nccn2c1)C1(N2CCOCC2)CCCC1. The number of pyridine rings is 1. The standard InChI is InChI=1S/C19H26N4O2/c1-15(19(6-2-3-7-19)23-10-12-25-13-11-23)21-18(24)16-4-5-17-20-8-9-22(17)14-16/h4-5,8-9,14-15H,2-3,6-7,10-13H2,1H3,(H,21,24). The molecule has 2 fully saturated rings. The molecule has 1 atom stereocenters. The lowest BCUT2D eigenvalue weighted by molar-refractivity contribution is -0.0323. The lowest BCUT2D eigenvalue weighted by Gasteiger charge is -2.47. The molecule has 1 N–H and O–H groups in total. The second-order valence-electron chi connectivity index (χ2n) is 7.22. The average Bonchev–Trinajstić information content (AvgIpc) is 3.31. The Morgan fingerprint density at radius 3 is 2.80 bits per heavy atom. The van der Waals surface area contributed by atoms with Crippen molar-refractivity contribution in [3.05, 3.63) is 36.3 Å². The van der Waals surface area contributed by atoms with Gasteiger partial charge in [-0.05, 0) is 31.9 Å². The maximum Gasteiger partial charge on any atom is 0.253 e. The predicted octanol–water partition coefficient (Wildman–Crippen LogP) is 2.10. The van der Waals surface area contributed by atoms with Crippen molar-refractivity contribution in [1.29, 1.82) is 0 Å². The van der Waals surface area contributed by atoms with E-state index in [0.717, 1.165) is 44.8 Å². The first kappa shape index (κ1) is 16.5. The third kappa shape index (κ3) is 3.04. The molecule has 0 spiro atoms. The maximum absolute atomic E-state index is 12.8. The molecular weight excluding hydrogens is 316 g/mol. The molecular formula is C19H26N4O2. The van der Waals surface area contributed by atoms with E-state index in [1.807, 2.05) is 28.9 Å². The Morgan fingerprint density at radius 2 is 2.04 bits per heavy atom. The zero-order chi connectivity index (χ0) is 17.3. The summed E-state index contributed by atoms with van der Waals surface area (Å²) in [6, 6.07) is 3.84. The molecule has 0 aromatic carbocycles. The van der Waals surface area contributed by atoms with Gasteiger partial charge < -0.3 is 14.5 Å². The highest BCUT2D eigenvalue weighted by Gasteiger charge is 2.45. The van der Waals surface area contributed by atoms with Gasteiger partial charge in [0.1, 0.15) is 5.65 Å². The summed E-state index contributed by atoms with van der Waals surface area (Å²) < 4.78 is 7.41. The van der Waals surface area contributed by atoms with E-state index in [0.29, 0.717) is 5.56 Å². The van der Waals surface area contributed by atoms with Gasteiger partial charge in [0.25, 0.3) is 5.91 Å². The number of imidazole rings is 1. The summed E-state index contributed by atoms with van der Waals surface area (Å²) in [7, 11) is 0. The first-order chi connectivity index (χ1) is 12.2. The van der Waals surface area contributed by atoms with Crippen LogP contribution in [0.25, 0.3) is 5.65 Å². The van der Waals surface area contributed by atoms with Gasteiger partial charge in [-0.15, -0.1) is 0 Å². The van der Waals surface area contributed by atoms with E-state index in [1.54, 1.807) is 6.20 Å². The molecule has 1 aliphatic carbocycles. The lowest BCUT2D eigenvalue weighted by atomic mass is 9.86. The number of carbonyl (C=O) groups excluding carboxylic acids is 1. The smallest absolute Gasteiger partial charge is 0.253 e. The molecule has 6 heteroatoms. The van der Waals surface area contributed by atoms with Gasteiger partial charge in [0.05, 0.1) is 18.8 Å². The molecule has 1 saturated heterocycles. The molecule has 134 valence electrons. The molecule has 2 aliphatic rings. The van der Waals surface area contributed by atoms with Gasteiger partial charge in [0, 0.05) is 43.3 Å². The minimum Gasteiger partial charge on any atom is -0.379 e. The van der Waals surface area contributed by atoms with Gasteiger partial charge in [-0.25, -0.2) is 4.98 Å². The van der Waals surface area contributed by atoms with E-state index >= 15 is 0 Å². The van der Waals surface area contributed by atoms with Crippen LogP contribution in [0.4, 0.5) is 0 Å². The molecule has 3 heterocycles.